The van der Waals surface area contributed by atoms with Gasteiger partial charge in [-0.1, -0.05) is 26.0 Å². The highest BCUT2D eigenvalue weighted by Gasteiger charge is 2.61. The van der Waals surface area contributed by atoms with Crippen molar-refractivity contribution in [3.63, 3.8) is 0 Å². The maximum atomic E-state index is 11.9. The molecule has 1 N–H and O–H groups in total. The summed E-state index contributed by atoms with van der Waals surface area (Å²) >= 11 is 0. The molecule has 4 rings (SSSR count). The molecule has 4 nitrogen and oxygen atoms in total. The van der Waals surface area contributed by atoms with Gasteiger partial charge in [-0.25, -0.2) is 0 Å². The minimum absolute atomic E-state index is 0.100. The molecule has 4 aliphatic rings. The fraction of sp³-hybridized carbons (Fsp3) is 0.714. The Morgan fingerprint density at radius 3 is 2.80 bits per heavy atom. The van der Waals surface area contributed by atoms with Crippen LogP contribution in [0.1, 0.15) is 52.9 Å². The molecular formula is C21H28O4. The highest BCUT2D eigenvalue weighted by Crippen LogP contribution is 2.64. The number of aliphatic hydroxyl groups is 1. The molecule has 0 amide bonds. The van der Waals surface area contributed by atoms with Crippen molar-refractivity contribution in [2.45, 2.75) is 65.1 Å². The molecule has 136 valence electrons. The quantitative estimate of drug-likeness (QED) is 0.742. The second-order valence-electron chi connectivity index (χ2n) is 9.00. The number of aliphatic hydroxyl groups excluding tert-OH is 1. The first-order valence-corrected chi connectivity index (χ1v) is 9.54. The topological polar surface area (TPSA) is 63.6 Å². The van der Waals surface area contributed by atoms with Crippen molar-refractivity contribution < 1.29 is 19.4 Å². The van der Waals surface area contributed by atoms with Crippen molar-refractivity contribution >= 4 is 11.8 Å². The van der Waals surface area contributed by atoms with Gasteiger partial charge in [-0.3, -0.25) is 9.59 Å². The lowest BCUT2D eigenvalue weighted by Gasteiger charge is -2.57. The SMILES string of the molecule is CC(=O)O[C@H]1CCC2C3C=CC4=CC(=O)CC[C@]4(C)C3C(O)C[C@@]21C. The van der Waals surface area contributed by atoms with E-state index in [1.54, 1.807) is 6.08 Å². The fourth-order valence-corrected chi connectivity index (χ4v) is 6.48. The Balaban J connectivity index is 1.72. The van der Waals surface area contributed by atoms with Crippen molar-refractivity contribution in [3.8, 4) is 0 Å². The summed E-state index contributed by atoms with van der Waals surface area (Å²) in [6, 6.07) is 0. The van der Waals surface area contributed by atoms with Gasteiger partial charge in [-0.05, 0) is 54.6 Å². The summed E-state index contributed by atoms with van der Waals surface area (Å²) in [5, 5.41) is 11.2. The number of allylic oxidation sites excluding steroid dienone is 4. The molecule has 0 bridgehead atoms. The van der Waals surface area contributed by atoms with Crippen LogP contribution in [0.3, 0.4) is 0 Å². The molecule has 0 aliphatic heterocycles. The summed E-state index contributed by atoms with van der Waals surface area (Å²) < 4.78 is 5.63. The van der Waals surface area contributed by atoms with Gasteiger partial charge in [0.05, 0.1) is 6.10 Å². The van der Waals surface area contributed by atoms with Crippen molar-refractivity contribution in [1.29, 1.82) is 0 Å². The van der Waals surface area contributed by atoms with Gasteiger partial charge >= 0.3 is 5.97 Å². The molecule has 0 aromatic heterocycles. The zero-order valence-electron chi connectivity index (χ0n) is 15.3. The molecule has 0 aromatic rings. The summed E-state index contributed by atoms with van der Waals surface area (Å²) in [5.74, 6) is 0.806. The minimum atomic E-state index is -0.436. The number of esters is 1. The average molecular weight is 344 g/mol. The van der Waals surface area contributed by atoms with Gasteiger partial charge in [0.25, 0.3) is 0 Å². The number of hydrogen-bond acceptors (Lipinski definition) is 4. The van der Waals surface area contributed by atoms with E-state index in [-0.39, 0.29) is 40.5 Å². The van der Waals surface area contributed by atoms with E-state index in [1.165, 1.54) is 6.92 Å². The van der Waals surface area contributed by atoms with Gasteiger partial charge in [0.1, 0.15) is 6.10 Å². The molecule has 4 aliphatic carbocycles. The van der Waals surface area contributed by atoms with E-state index >= 15 is 0 Å². The van der Waals surface area contributed by atoms with E-state index in [9.17, 15) is 14.7 Å². The summed E-state index contributed by atoms with van der Waals surface area (Å²) in [5.41, 5.74) is 0.786. The van der Waals surface area contributed by atoms with E-state index in [0.717, 1.165) is 24.8 Å². The van der Waals surface area contributed by atoms with Crippen LogP contribution in [0.5, 0.6) is 0 Å². The molecule has 0 heterocycles. The molecule has 25 heavy (non-hydrogen) atoms. The van der Waals surface area contributed by atoms with Gasteiger partial charge in [0, 0.05) is 24.7 Å². The molecule has 0 aromatic carbocycles. The third kappa shape index (κ3) is 2.37. The smallest absolute Gasteiger partial charge is 0.302 e. The normalized spacial score (nSPS) is 48.2. The molecule has 2 saturated carbocycles. The van der Waals surface area contributed by atoms with Crippen molar-refractivity contribution in [3.05, 3.63) is 23.8 Å². The fourth-order valence-electron chi connectivity index (χ4n) is 6.48. The molecule has 2 fully saturated rings. The van der Waals surface area contributed by atoms with Crippen LogP contribution in [0.2, 0.25) is 0 Å². The molecule has 7 atom stereocenters. The number of ether oxygens (including phenoxy) is 1. The summed E-state index contributed by atoms with van der Waals surface area (Å²) in [6.07, 6.45) is 9.55. The van der Waals surface area contributed by atoms with Crippen LogP contribution in [0, 0.1) is 28.6 Å². The van der Waals surface area contributed by atoms with Crippen molar-refractivity contribution in [1.82, 2.24) is 0 Å². The van der Waals surface area contributed by atoms with Crippen LogP contribution in [0.15, 0.2) is 23.8 Å². The Morgan fingerprint density at radius 2 is 2.08 bits per heavy atom. The Bertz CT molecular complexity index is 677. The standard InChI is InChI=1S/C21H28O4/c1-12(22)25-18-7-6-16-15-5-4-13-10-14(23)8-9-20(13,2)19(15)17(24)11-21(16,18)3/h4-5,10,15-19,24H,6-9,11H2,1-3H3/t15?,16?,17?,18-,19?,20-,21-/m0/s1. The van der Waals surface area contributed by atoms with Crippen LogP contribution in [-0.4, -0.2) is 29.1 Å². The Kier molecular flexibility index (Phi) is 3.77. The third-order valence-electron chi connectivity index (χ3n) is 7.67. The van der Waals surface area contributed by atoms with Gasteiger partial charge in [0.2, 0.25) is 0 Å². The lowest BCUT2D eigenvalue weighted by atomic mass is 9.48. The molecule has 0 spiro atoms. The van der Waals surface area contributed by atoms with E-state index in [1.807, 2.05) is 0 Å². The van der Waals surface area contributed by atoms with Crippen molar-refractivity contribution in [2.24, 2.45) is 28.6 Å². The Morgan fingerprint density at radius 1 is 1.32 bits per heavy atom. The van der Waals surface area contributed by atoms with E-state index in [2.05, 4.69) is 26.0 Å². The monoisotopic (exact) mass is 344 g/mol. The molecule has 4 unspecified atom stereocenters. The maximum Gasteiger partial charge on any atom is 0.302 e. The van der Waals surface area contributed by atoms with Crippen LogP contribution < -0.4 is 0 Å². The van der Waals surface area contributed by atoms with Gasteiger partial charge < -0.3 is 9.84 Å². The second kappa shape index (κ2) is 5.54. The average Bonchev–Trinajstić information content (AvgIpc) is 2.83. The molecular weight excluding hydrogens is 316 g/mol. The number of carbonyl (C=O) groups excluding carboxylic acids is 2. The first-order chi connectivity index (χ1) is 11.8. The molecule has 0 saturated heterocycles. The van der Waals surface area contributed by atoms with Crippen LogP contribution >= 0.6 is 0 Å². The number of carbonyl (C=O) groups is 2. The predicted octanol–water partition coefficient (Wildman–Crippen LogP) is 3.20. The summed E-state index contributed by atoms with van der Waals surface area (Å²) in [6.45, 7) is 5.87. The lowest BCUT2D eigenvalue weighted by molar-refractivity contribution is -0.163. The summed E-state index contributed by atoms with van der Waals surface area (Å²) in [7, 11) is 0. The highest BCUT2D eigenvalue weighted by molar-refractivity contribution is 5.92. The van der Waals surface area contributed by atoms with E-state index in [4.69, 9.17) is 4.74 Å². The van der Waals surface area contributed by atoms with E-state index < -0.39 is 6.10 Å². The van der Waals surface area contributed by atoms with Crippen molar-refractivity contribution in [2.75, 3.05) is 0 Å². The van der Waals surface area contributed by atoms with Crippen LogP contribution in [-0.2, 0) is 14.3 Å². The van der Waals surface area contributed by atoms with Crippen LogP contribution in [0.25, 0.3) is 0 Å². The van der Waals surface area contributed by atoms with Gasteiger partial charge in [-0.2, -0.15) is 0 Å². The minimum Gasteiger partial charge on any atom is -0.462 e. The Hall–Kier alpha value is -1.42. The Labute approximate surface area is 149 Å². The number of rotatable bonds is 1. The summed E-state index contributed by atoms with van der Waals surface area (Å²) in [4.78, 5) is 23.4. The second-order valence-corrected chi connectivity index (χ2v) is 9.00. The maximum absolute atomic E-state index is 11.9. The third-order valence-corrected chi connectivity index (χ3v) is 7.67. The van der Waals surface area contributed by atoms with Gasteiger partial charge in [-0.15, -0.1) is 0 Å². The first kappa shape index (κ1) is 17.0. The zero-order chi connectivity index (χ0) is 18.0. The van der Waals surface area contributed by atoms with Gasteiger partial charge in [0.15, 0.2) is 5.78 Å². The highest BCUT2D eigenvalue weighted by atomic mass is 16.5. The zero-order valence-corrected chi connectivity index (χ0v) is 15.3. The number of ketones is 1. The van der Waals surface area contributed by atoms with E-state index in [0.29, 0.717) is 18.8 Å². The lowest BCUT2D eigenvalue weighted by Crippen LogP contribution is -2.56. The number of fused-ring (bicyclic) bond motifs is 5. The first-order valence-electron chi connectivity index (χ1n) is 9.54. The number of hydrogen-bond donors (Lipinski definition) is 1. The molecule has 4 heteroatoms. The molecule has 0 radical (unpaired) electrons. The largest absolute Gasteiger partial charge is 0.462 e. The predicted molar refractivity (Wildman–Crippen MR) is 93.6 cm³/mol. The van der Waals surface area contributed by atoms with Crippen LogP contribution in [0.4, 0.5) is 0 Å².